The molecule has 1 aliphatic rings. The SMILES string of the molecule is CCCCOC(=O)N1CC(O)(C(=O)OC)C[C@H]1C(=O)OC. The second-order valence-corrected chi connectivity index (χ2v) is 4.86. The number of hydrogen-bond donors (Lipinski definition) is 1. The lowest BCUT2D eigenvalue weighted by molar-refractivity contribution is -0.160. The van der Waals surface area contributed by atoms with Crippen LogP contribution in [0.3, 0.4) is 0 Å². The fraction of sp³-hybridized carbons (Fsp3) is 0.769. The van der Waals surface area contributed by atoms with Crippen molar-refractivity contribution in [3.8, 4) is 0 Å². The Balaban J connectivity index is 2.85. The first-order chi connectivity index (χ1) is 9.89. The zero-order valence-electron chi connectivity index (χ0n) is 12.5. The molecular weight excluding hydrogens is 282 g/mol. The van der Waals surface area contributed by atoms with Gasteiger partial charge in [-0.3, -0.25) is 4.90 Å². The van der Waals surface area contributed by atoms with Gasteiger partial charge in [0, 0.05) is 6.42 Å². The summed E-state index contributed by atoms with van der Waals surface area (Å²) >= 11 is 0. The minimum Gasteiger partial charge on any atom is -0.467 e. The molecule has 0 spiro atoms. The molecule has 0 aromatic heterocycles. The first-order valence-electron chi connectivity index (χ1n) is 6.71. The van der Waals surface area contributed by atoms with Crippen molar-refractivity contribution >= 4 is 18.0 Å². The Morgan fingerprint density at radius 3 is 2.48 bits per heavy atom. The number of amides is 1. The van der Waals surface area contributed by atoms with Crippen molar-refractivity contribution in [2.24, 2.45) is 0 Å². The molecule has 1 rings (SSSR count). The molecule has 1 amide bonds. The van der Waals surface area contributed by atoms with E-state index in [1.54, 1.807) is 0 Å². The van der Waals surface area contributed by atoms with Gasteiger partial charge in [-0.1, -0.05) is 13.3 Å². The fourth-order valence-electron chi connectivity index (χ4n) is 2.15. The molecule has 0 aromatic carbocycles. The van der Waals surface area contributed by atoms with Gasteiger partial charge in [0.2, 0.25) is 0 Å². The van der Waals surface area contributed by atoms with Crippen molar-refractivity contribution in [1.29, 1.82) is 0 Å². The summed E-state index contributed by atoms with van der Waals surface area (Å²) < 4.78 is 14.1. The Labute approximate surface area is 122 Å². The fourth-order valence-corrected chi connectivity index (χ4v) is 2.15. The molecule has 8 nitrogen and oxygen atoms in total. The topological polar surface area (TPSA) is 102 Å². The van der Waals surface area contributed by atoms with Crippen LogP contribution in [0.15, 0.2) is 0 Å². The van der Waals surface area contributed by atoms with Gasteiger partial charge in [0.25, 0.3) is 0 Å². The third-order valence-corrected chi connectivity index (χ3v) is 3.34. The number of carbonyl (C=O) groups excluding carboxylic acids is 3. The minimum atomic E-state index is -1.93. The van der Waals surface area contributed by atoms with Crippen molar-refractivity contribution < 1.29 is 33.7 Å². The molecule has 1 heterocycles. The highest BCUT2D eigenvalue weighted by Gasteiger charge is 2.54. The monoisotopic (exact) mass is 303 g/mol. The molecule has 1 fully saturated rings. The Morgan fingerprint density at radius 2 is 1.95 bits per heavy atom. The normalized spacial score (nSPS) is 24.6. The third kappa shape index (κ3) is 3.84. The van der Waals surface area contributed by atoms with Crippen LogP contribution in [0.25, 0.3) is 0 Å². The van der Waals surface area contributed by atoms with Gasteiger partial charge in [0.1, 0.15) is 6.04 Å². The van der Waals surface area contributed by atoms with E-state index in [0.29, 0.717) is 6.42 Å². The van der Waals surface area contributed by atoms with Crippen molar-refractivity contribution in [2.75, 3.05) is 27.4 Å². The molecule has 1 aliphatic heterocycles. The molecule has 0 aliphatic carbocycles. The highest BCUT2D eigenvalue weighted by molar-refractivity contribution is 5.88. The average molecular weight is 303 g/mol. The molecule has 2 atom stereocenters. The first-order valence-corrected chi connectivity index (χ1v) is 6.71. The number of unbranched alkanes of at least 4 members (excludes halogenated alkanes) is 1. The van der Waals surface area contributed by atoms with E-state index < -0.39 is 29.7 Å². The van der Waals surface area contributed by atoms with Gasteiger partial charge < -0.3 is 19.3 Å². The summed E-state index contributed by atoms with van der Waals surface area (Å²) in [6, 6.07) is -1.08. The summed E-state index contributed by atoms with van der Waals surface area (Å²) in [5.74, 6) is -1.62. The Morgan fingerprint density at radius 1 is 1.29 bits per heavy atom. The summed E-state index contributed by atoms with van der Waals surface area (Å²) in [5.41, 5.74) is -1.93. The zero-order valence-corrected chi connectivity index (χ0v) is 12.5. The van der Waals surface area contributed by atoms with Gasteiger partial charge in [-0.15, -0.1) is 0 Å². The molecule has 1 N–H and O–H groups in total. The molecule has 0 bridgehead atoms. The molecule has 1 saturated heterocycles. The van der Waals surface area contributed by atoms with Crippen LogP contribution in [0.5, 0.6) is 0 Å². The number of methoxy groups -OCH3 is 2. The molecular formula is C13H21NO7. The molecule has 0 saturated carbocycles. The maximum absolute atomic E-state index is 12.0. The van der Waals surface area contributed by atoms with E-state index in [4.69, 9.17) is 4.74 Å². The summed E-state index contributed by atoms with van der Waals surface area (Å²) in [6.45, 7) is 1.78. The maximum atomic E-state index is 12.0. The number of β-amino-alcohol motifs (C(OH)–C–C–N with tert-alkyl or cyclic N) is 1. The van der Waals surface area contributed by atoms with Crippen LogP contribution in [0.1, 0.15) is 26.2 Å². The zero-order chi connectivity index (χ0) is 16.0. The van der Waals surface area contributed by atoms with Gasteiger partial charge in [-0.2, -0.15) is 0 Å². The van der Waals surface area contributed by atoms with Crippen LogP contribution in [0.4, 0.5) is 4.79 Å². The molecule has 0 aromatic rings. The van der Waals surface area contributed by atoms with Crippen molar-refractivity contribution in [3.05, 3.63) is 0 Å². The molecule has 21 heavy (non-hydrogen) atoms. The van der Waals surface area contributed by atoms with Crippen LogP contribution in [-0.2, 0) is 23.8 Å². The number of esters is 2. The number of likely N-dealkylation sites (tertiary alicyclic amines) is 1. The Kier molecular flexibility index (Phi) is 5.95. The Hall–Kier alpha value is -1.83. The first kappa shape index (κ1) is 17.2. The van der Waals surface area contributed by atoms with E-state index in [1.807, 2.05) is 6.92 Å². The van der Waals surface area contributed by atoms with Crippen LogP contribution >= 0.6 is 0 Å². The summed E-state index contributed by atoms with van der Waals surface area (Å²) in [4.78, 5) is 36.3. The van der Waals surface area contributed by atoms with E-state index in [-0.39, 0.29) is 19.6 Å². The summed E-state index contributed by atoms with van der Waals surface area (Å²) in [6.07, 6.45) is 0.484. The standard InChI is InChI=1S/C13H21NO7/c1-4-5-6-21-12(17)14-8-13(18,11(16)20-3)7-9(14)10(15)19-2/h9,18H,4-8H2,1-3H3/t9-,13?/m0/s1. The summed E-state index contributed by atoms with van der Waals surface area (Å²) in [7, 11) is 2.29. The van der Waals surface area contributed by atoms with E-state index in [0.717, 1.165) is 18.4 Å². The maximum Gasteiger partial charge on any atom is 0.410 e. The average Bonchev–Trinajstić information content (AvgIpc) is 2.85. The predicted octanol–water partition coefficient (Wildman–Crippen LogP) is 0.0745. The van der Waals surface area contributed by atoms with Crippen LogP contribution in [0.2, 0.25) is 0 Å². The number of rotatable bonds is 5. The van der Waals surface area contributed by atoms with Gasteiger partial charge in [0.15, 0.2) is 5.60 Å². The quantitative estimate of drug-likeness (QED) is 0.435. The van der Waals surface area contributed by atoms with Crippen LogP contribution in [-0.4, -0.2) is 67.1 Å². The van der Waals surface area contributed by atoms with E-state index in [9.17, 15) is 19.5 Å². The lowest BCUT2D eigenvalue weighted by Crippen LogP contribution is -2.44. The number of aliphatic hydroxyl groups is 1. The molecule has 120 valence electrons. The van der Waals surface area contributed by atoms with Crippen molar-refractivity contribution in [1.82, 2.24) is 4.90 Å². The largest absolute Gasteiger partial charge is 0.467 e. The second kappa shape index (κ2) is 7.26. The van der Waals surface area contributed by atoms with Crippen LogP contribution < -0.4 is 0 Å². The Bertz CT molecular complexity index is 411. The van der Waals surface area contributed by atoms with Gasteiger partial charge >= 0.3 is 18.0 Å². The highest BCUT2D eigenvalue weighted by atomic mass is 16.6. The molecule has 8 heteroatoms. The van der Waals surface area contributed by atoms with E-state index in [2.05, 4.69) is 9.47 Å². The van der Waals surface area contributed by atoms with Gasteiger partial charge in [0.05, 0.1) is 27.4 Å². The van der Waals surface area contributed by atoms with Crippen LogP contribution in [0, 0.1) is 0 Å². The van der Waals surface area contributed by atoms with E-state index >= 15 is 0 Å². The number of ether oxygens (including phenoxy) is 3. The predicted molar refractivity (Wildman–Crippen MR) is 70.3 cm³/mol. The summed E-state index contributed by atoms with van der Waals surface area (Å²) in [5, 5.41) is 10.2. The van der Waals surface area contributed by atoms with Gasteiger partial charge in [-0.25, -0.2) is 14.4 Å². The highest BCUT2D eigenvalue weighted by Crippen LogP contribution is 2.29. The number of carbonyl (C=O) groups is 3. The van der Waals surface area contributed by atoms with Gasteiger partial charge in [-0.05, 0) is 6.42 Å². The molecule has 1 unspecified atom stereocenters. The molecule has 0 radical (unpaired) electrons. The van der Waals surface area contributed by atoms with Crippen molar-refractivity contribution in [2.45, 2.75) is 37.8 Å². The number of hydrogen-bond acceptors (Lipinski definition) is 7. The lowest BCUT2D eigenvalue weighted by atomic mass is 10.0. The second-order valence-electron chi connectivity index (χ2n) is 4.86. The van der Waals surface area contributed by atoms with Crippen molar-refractivity contribution in [3.63, 3.8) is 0 Å². The minimum absolute atomic E-state index is 0.205. The number of nitrogens with zero attached hydrogens (tertiary/aromatic N) is 1. The smallest absolute Gasteiger partial charge is 0.410 e. The lowest BCUT2D eigenvalue weighted by Gasteiger charge is -2.22. The third-order valence-electron chi connectivity index (χ3n) is 3.34. The van der Waals surface area contributed by atoms with E-state index in [1.165, 1.54) is 7.11 Å².